The lowest BCUT2D eigenvalue weighted by Crippen LogP contribution is -2.41. The van der Waals surface area contributed by atoms with Crippen LogP contribution in [0.2, 0.25) is 0 Å². The van der Waals surface area contributed by atoms with Crippen molar-refractivity contribution in [2.75, 3.05) is 18.6 Å². The molecule has 1 amide bonds. The standard InChI is InChI=1S/C10H19N3O3S/c1-17(15,16)8-5-9(12)10(14)13-7-4-2-3-6-11/h9H,2-5,7-8,12H2,1H3,(H,13,14). The molecule has 0 aliphatic heterocycles. The van der Waals surface area contributed by atoms with Crippen molar-refractivity contribution in [3.63, 3.8) is 0 Å². The fraction of sp³-hybridized carbons (Fsp3) is 0.800. The van der Waals surface area contributed by atoms with E-state index in [-0.39, 0.29) is 18.1 Å². The smallest absolute Gasteiger partial charge is 0.236 e. The molecule has 0 aromatic rings. The van der Waals surface area contributed by atoms with Crippen LogP contribution in [0.5, 0.6) is 0 Å². The summed E-state index contributed by atoms with van der Waals surface area (Å²) in [6.07, 6.45) is 3.16. The number of sulfone groups is 1. The van der Waals surface area contributed by atoms with E-state index in [2.05, 4.69) is 5.32 Å². The second-order valence-corrected chi connectivity index (χ2v) is 6.19. The Morgan fingerprint density at radius 3 is 2.65 bits per heavy atom. The number of nitriles is 1. The predicted octanol–water partition coefficient (Wildman–Crippen LogP) is -0.442. The number of nitrogens with two attached hydrogens (primary N) is 1. The minimum Gasteiger partial charge on any atom is -0.355 e. The minimum atomic E-state index is -3.08. The maximum atomic E-state index is 11.4. The number of carbonyl (C=O) groups is 1. The summed E-state index contributed by atoms with van der Waals surface area (Å²) in [7, 11) is -3.08. The van der Waals surface area contributed by atoms with Gasteiger partial charge in [-0.2, -0.15) is 5.26 Å². The predicted molar refractivity (Wildman–Crippen MR) is 64.8 cm³/mol. The Hall–Kier alpha value is -1.13. The minimum absolute atomic E-state index is 0.0873. The average Bonchev–Trinajstić information content (AvgIpc) is 2.24. The van der Waals surface area contributed by atoms with Crippen molar-refractivity contribution in [1.29, 1.82) is 5.26 Å². The van der Waals surface area contributed by atoms with Crippen molar-refractivity contribution in [2.45, 2.75) is 31.7 Å². The quantitative estimate of drug-likeness (QED) is 0.575. The zero-order valence-electron chi connectivity index (χ0n) is 9.98. The molecule has 0 aromatic heterocycles. The van der Waals surface area contributed by atoms with E-state index < -0.39 is 15.9 Å². The van der Waals surface area contributed by atoms with Crippen molar-refractivity contribution < 1.29 is 13.2 Å². The summed E-state index contributed by atoms with van der Waals surface area (Å²) in [4.78, 5) is 11.4. The summed E-state index contributed by atoms with van der Waals surface area (Å²) >= 11 is 0. The van der Waals surface area contributed by atoms with Gasteiger partial charge in [-0.15, -0.1) is 0 Å². The van der Waals surface area contributed by atoms with Gasteiger partial charge in [0.2, 0.25) is 5.91 Å². The molecule has 0 aromatic carbocycles. The van der Waals surface area contributed by atoms with E-state index in [0.29, 0.717) is 13.0 Å². The Labute approximate surface area is 102 Å². The molecular formula is C10H19N3O3S. The van der Waals surface area contributed by atoms with Crippen molar-refractivity contribution in [2.24, 2.45) is 5.73 Å². The number of unbranched alkanes of at least 4 members (excludes halogenated alkanes) is 2. The zero-order valence-corrected chi connectivity index (χ0v) is 10.8. The molecule has 0 bridgehead atoms. The Morgan fingerprint density at radius 1 is 1.47 bits per heavy atom. The van der Waals surface area contributed by atoms with E-state index in [9.17, 15) is 13.2 Å². The second-order valence-electron chi connectivity index (χ2n) is 3.93. The molecule has 0 saturated carbocycles. The van der Waals surface area contributed by atoms with E-state index in [1.54, 1.807) is 0 Å². The monoisotopic (exact) mass is 261 g/mol. The lowest BCUT2D eigenvalue weighted by molar-refractivity contribution is -0.122. The molecule has 0 radical (unpaired) electrons. The molecule has 7 heteroatoms. The Bertz CT molecular complexity index is 373. The summed E-state index contributed by atoms with van der Waals surface area (Å²) in [6.45, 7) is 0.465. The summed E-state index contributed by atoms with van der Waals surface area (Å²) < 4.78 is 21.7. The molecule has 0 aliphatic carbocycles. The van der Waals surface area contributed by atoms with Crippen LogP contribution >= 0.6 is 0 Å². The lowest BCUT2D eigenvalue weighted by Gasteiger charge is -2.11. The molecular weight excluding hydrogens is 242 g/mol. The van der Waals surface area contributed by atoms with Gasteiger partial charge in [0.05, 0.1) is 17.9 Å². The number of rotatable bonds is 8. The molecule has 0 aliphatic rings. The summed E-state index contributed by atoms with van der Waals surface area (Å²) in [5, 5.41) is 10.9. The maximum absolute atomic E-state index is 11.4. The fourth-order valence-corrected chi connectivity index (χ4v) is 1.83. The van der Waals surface area contributed by atoms with Gasteiger partial charge in [0.1, 0.15) is 9.84 Å². The Morgan fingerprint density at radius 2 is 2.12 bits per heavy atom. The maximum Gasteiger partial charge on any atom is 0.236 e. The van der Waals surface area contributed by atoms with Gasteiger partial charge >= 0.3 is 0 Å². The highest BCUT2D eigenvalue weighted by molar-refractivity contribution is 7.90. The van der Waals surface area contributed by atoms with E-state index >= 15 is 0 Å². The van der Waals surface area contributed by atoms with E-state index in [1.807, 2.05) is 6.07 Å². The highest BCUT2D eigenvalue weighted by Crippen LogP contribution is 1.95. The molecule has 0 saturated heterocycles. The first kappa shape index (κ1) is 15.9. The Kier molecular flexibility index (Phi) is 7.50. The van der Waals surface area contributed by atoms with Crippen LogP contribution in [0.3, 0.4) is 0 Å². The van der Waals surface area contributed by atoms with E-state index in [1.165, 1.54) is 0 Å². The van der Waals surface area contributed by atoms with E-state index in [0.717, 1.165) is 19.1 Å². The van der Waals surface area contributed by atoms with Gasteiger partial charge in [-0.3, -0.25) is 4.79 Å². The van der Waals surface area contributed by atoms with Gasteiger partial charge in [0.15, 0.2) is 0 Å². The Balaban J connectivity index is 3.72. The van der Waals surface area contributed by atoms with Gasteiger partial charge in [0, 0.05) is 19.2 Å². The van der Waals surface area contributed by atoms with Crippen LogP contribution in [0.4, 0.5) is 0 Å². The first-order chi connectivity index (χ1) is 7.87. The molecule has 17 heavy (non-hydrogen) atoms. The van der Waals surface area contributed by atoms with Crippen LogP contribution in [-0.4, -0.2) is 38.9 Å². The first-order valence-corrected chi connectivity index (χ1v) is 7.51. The number of amides is 1. The van der Waals surface area contributed by atoms with Crippen molar-refractivity contribution in [1.82, 2.24) is 5.32 Å². The topological polar surface area (TPSA) is 113 Å². The molecule has 0 rings (SSSR count). The highest BCUT2D eigenvalue weighted by Gasteiger charge is 2.15. The lowest BCUT2D eigenvalue weighted by atomic mass is 10.2. The van der Waals surface area contributed by atoms with Crippen LogP contribution in [0.1, 0.15) is 25.7 Å². The second kappa shape index (κ2) is 8.03. The summed E-state index contributed by atoms with van der Waals surface area (Å²) in [5.74, 6) is -0.429. The molecule has 3 N–H and O–H groups in total. The number of nitrogens with one attached hydrogen (secondary N) is 1. The largest absolute Gasteiger partial charge is 0.355 e. The molecule has 1 unspecified atom stereocenters. The molecule has 1 atom stereocenters. The van der Waals surface area contributed by atoms with E-state index in [4.69, 9.17) is 11.0 Å². The number of hydrogen-bond acceptors (Lipinski definition) is 5. The molecule has 0 fully saturated rings. The third kappa shape index (κ3) is 9.78. The van der Waals surface area contributed by atoms with Gasteiger partial charge in [-0.05, 0) is 19.3 Å². The van der Waals surface area contributed by atoms with Gasteiger partial charge in [-0.25, -0.2) is 8.42 Å². The third-order valence-electron chi connectivity index (χ3n) is 2.15. The van der Waals surface area contributed by atoms with Crippen molar-refractivity contribution in [3.8, 4) is 6.07 Å². The molecule has 0 spiro atoms. The fourth-order valence-electron chi connectivity index (χ4n) is 1.14. The molecule has 98 valence electrons. The van der Waals surface area contributed by atoms with Crippen LogP contribution in [-0.2, 0) is 14.6 Å². The normalized spacial score (nSPS) is 12.8. The van der Waals surface area contributed by atoms with Crippen LogP contribution in [0.15, 0.2) is 0 Å². The van der Waals surface area contributed by atoms with Crippen molar-refractivity contribution >= 4 is 15.7 Å². The third-order valence-corrected chi connectivity index (χ3v) is 3.13. The van der Waals surface area contributed by atoms with Crippen LogP contribution in [0.25, 0.3) is 0 Å². The number of nitrogens with zero attached hydrogens (tertiary/aromatic N) is 1. The van der Waals surface area contributed by atoms with Crippen LogP contribution < -0.4 is 11.1 Å². The summed E-state index contributed by atoms with van der Waals surface area (Å²) in [6, 6.07) is 1.22. The number of carbonyl (C=O) groups excluding carboxylic acids is 1. The van der Waals surface area contributed by atoms with Crippen LogP contribution in [0, 0.1) is 11.3 Å². The zero-order chi connectivity index (χ0) is 13.3. The average molecular weight is 261 g/mol. The van der Waals surface area contributed by atoms with Gasteiger partial charge in [-0.1, -0.05) is 0 Å². The van der Waals surface area contributed by atoms with Crippen molar-refractivity contribution in [3.05, 3.63) is 0 Å². The first-order valence-electron chi connectivity index (χ1n) is 5.45. The highest BCUT2D eigenvalue weighted by atomic mass is 32.2. The molecule has 0 heterocycles. The SMILES string of the molecule is CS(=O)(=O)CCC(N)C(=O)NCCCCC#N. The number of hydrogen-bond donors (Lipinski definition) is 2. The molecule has 6 nitrogen and oxygen atoms in total. The summed E-state index contributed by atoms with van der Waals surface area (Å²) in [5.41, 5.74) is 5.54. The van der Waals surface area contributed by atoms with Gasteiger partial charge < -0.3 is 11.1 Å². The van der Waals surface area contributed by atoms with Gasteiger partial charge in [0.25, 0.3) is 0 Å².